The Labute approximate surface area is 123 Å². The van der Waals surface area contributed by atoms with Crippen LogP contribution in [-0.2, 0) is 0 Å². The van der Waals surface area contributed by atoms with Gasteiger partial charge >= 0.3 is 0 Å². The summed E-state index contributed by atoms with van der Waals surface area (Å²) in [4.78, 5) is 0. The highest BCUT2D eigenvalue weighted by atomic mass is 14.3. The van der Waals surface area contributed by atoms with Crippen LogP contribution in [0.5, 0.6) is 0 Å². The van der Waals surface area contributed by atoms with E-state index in [0.29, 0.717) is 5.41 Å². The summed E-state index contributed by atoms with van der Waals surface area (Å²) < 4.78 is 0. The van der Waals surface area contributed by atoms with Gasteiger partial charge < -0.3 is 0 Å². The Morgan fingerprint density at radius 3 is 1.58 bits per heavy atom. The van der Waals surface area contributed by atoms with Crippen LogP contribution in [-0.4, -0.2) is 0 Å². The Balaban J connectivity index is 0.000000344. The molecule has 0 aliphatic heterocycles. The maximum atomic E-state index is 2.38. The first kappa shape index (κ1) is 19.0. The van der Waals surface area contributed by atoms with Crippen molar-refractivity contribution in [2.45, 2.75) is 99.8 Å². The molecule has 0 heterocycles. The molecule has 0 amide bonds. The molecule has 0 aromatic carbocycles. The summed E-state index contributed by atoms with van der Waals surface area (Å²) in [6.45, 7) is 16.3. The van der Waals surface area contributed by atoms with Crippen LogP contribution >= 0.6 is 0 Å². The minimum Gasteiger partial charge on any atom is -0.0651 e. The highest BCUT2D eigenvalue weighted by Gasteiger charge is 2.25. The minimum atomic E-state index is 0.570. The van der Waals surface area contributed by atoms with Crippen LogP contribution in [0.25, 0.3) is 0 Å². The van der Waals surface area contributed by atoms with Gasteiger partial charge in [0.25, 0.3) is 0 Å². The zero-order valence-electron chi connectivity index (χ0n) is 14.9. The molecule has 0 aromatic heterocycles. The van der Waals surface area contributed by atoms with E-state index in [9.17, 15) is 0 Å². The molecule has 0 heteroatoms. The van der Waals surface area contributed by atoms with Gasteiger partial charge in [0.05, 0.1) is 0 Å². The fraction of sp³-hybridized carbons (Fsp3) is 1.00. The van der Waals surface area contributed by atoms with Crippen molar-refractivity contribution >= 4 is 0 Å². The average molecular weight is 269 g/mol. The van der Waals surface area contributed by atoms with Crippen molar-refractivity contribution in [2.24, 2.45) is 23.2 Å². The van der Waals surface area contributed by atoms with Crippen LogP contribution in [0.4, 0.5) is 0 Å². The highest BCUT2D eigenvalue weighted by Crippen LogP contribution is 2.37. The van der Waals surface area contributed by atoms with Crippen LogP contribution in [0.3, 0.4) is 0 Å². The van der Waals surface area contributed by atoms with Crippen molar-refractivity contribution in [2.75, 3.05) is 0 Å². The number of rotatable bonds is 4. The summed E-state index contributed by atoms with van der Waals surface area (Å²) in [5.74, 6) is 2.86. The van der Waals surface area contributed by atoms with Crippen LogP contribution in [0.15, 0.2) is 0 Å². The Morgan fingerprint density at radius 2 is 1.37 bits per heavy atom. The SMILES string of the molecule is CC(C)(C)C1CCCCC1.CCC(CC)CC(C)C. The van der Waals surface area contributed by atoms with Crippen molar-refractivity contribution < 1.29 is 0 Å². The molecule has 116 valence electrons. The Bertz CT molecular complexity index is 187. The van der Waals surface area contributed by atoms with E-state index in [0.717, 1.165) is 17.8 Å². The fourth-order valence-corrected chi connectivity index (χ4v) is 3.26. The van der Waals surface area contributed by atoms with E-state index in [1.807, 2.05) is 0 Å². The summed E-state index contributed by atoms with van der Waals surface area (Å²) in [5, 5.41) is 0. The second-order valence-corrected chi connectivity index (χ2v) is 8.01. The van der Waals surface area contributed by atoms with E-state index >= 15 is 0 Å². The summed E-state index contributed by atoms with van der Waals surface area (Å²) in [5.41, 5.74) is 0.570. The third-order valence-corrected chi connectivity index (χ3v) is 4.79. The Kier molecular flexibility index (Phi) is 9.83. The lowest BCUT2D eigenvalue weighted by molar-refractivity contribution is 0.180. The monoisotopic (exact) mass is 268 g/mol. The molecule has 0 unspecified atom stereocenters. The molecule has 1 aliphatic carbocycles. The van der Waals surface area contributed by atoms with Gasteiger partial charge in [0.15, 0.2) is 0 Å². The molecule has 0 saturated heterocycles. The summed E-state index contributed by atoms with van der Waals surface area (Å²) in [6, 6.07) is 0. The molecular weight excluding hydrogens is 228 g/mol. The van der Waals surface area contributed by atoms with Gasteiger partial charge in [-0.15, -0.1) is 0 Å². The lowest BCUT2D eigenvalue weighted by atomic mass is 9.72. The summed E-state index contributed by atoms with van der Waals surface area (Å²) in [6.07, 6.45) is 11.5. The lowest BCUT2D eigenvalue weighted by Gasteiger charge is -2.33. The van der Waals surface area contributed by atoms with E-state index in [-0.39, 0.29) is 0 Å². The normalized spacial score (nSPS) is 17.5. The molecule has 1 aliphatic rings. The fourth-order valence-electron chi connectivity index (χ4n) is 3.26. The average Bonchev–Trinajstić information content (AvgIpc) is 2.36. The van der Waals surface area contributed by atoms with Crippen molar-refractivity contribution in [1.29, 1.82) is 0 Å². The minimum absolute atomic E-state index is 0.570. The van der Waals surface area contributed by atoms with Gasteiger partial charge in [-0.3, -0.25) is 0 Å². The Morgan fingerprint density at radius 1 is 0.895 bits per heavy atom. The van der Waals surface area contributed by atoms with Crippen LogP contribution in [0, 0.1) is 23.2 Å². The zero-order chi connectivity index (χ0) is 14.9. The first-order chi connectivity index (χ1) is 8.81. The maximum Gasteiger partial charge on any atom is -0.0354 e. The lowest BCUT2D eigenvalue weighted by Crippen LogP contribution is -2.22. The molecule has 0 bridgehead atoms. The molecule has 0 nitrogen and oxygen atoms in total. The number of hydrogen-bond acceptors (Lipinski definition) is 0. The second-order valence-electron chi connectivity index (χ2n) is 8.01. The van der Waals surface area contributed by atoms with Gasteiger partial charge in [-0.05, 0) is 42.4 Å². The van der Waals surface area contributed by atoms with Crippen molar-refractivity contribution in [1.82, 2.24) is 0 Å². The topological polar surface area (TPSA) is 0 Å². The smallest absolute Gasteiger partial charge is 0.0354 e. The maximum absolute atomic E-state index is 2.38. The second kappa shape index (κ2) is 9.83. The van der Waals surface area contributed by atoms with Crippen LogP contribution in [0.1, 0.15) is 99.8 Å². The van der Waals surface area contributed by atoms with Gasteiger partial charge in [-0.1, -0.05) is 80.6 Å². The third kappa shape index (κ3) is 9.52. The first-order valence-corrected chi connectivity index (χ1v) is 8.81. The highest BCUT2D eigenvalue weighted by molar-refractivity contribution is 4.76. The molecule has 1 rings (SSSR count). The Hall–Kier alpha value is 0. The van der Waals surface area contributed by atoms with E-state index < -0.39 is 0 Å². The third-order valence-electron chi connectivity index (χ3n) is 4.79. The van der Waals surface area contributed by atoms with Crippen molar-refractivity contribution in [3.05, 3.63) is 0 Å². The van der Waals surface area contributed by atoms with E-state index in [4.69, 9.17) is 0 Å². The molecule has 0 radical (unpaired) electrons. The molecule has 0 spiro atoms. The first-order valence-electron chi connectivity index (χ1n) is 8.81. The molecule has 19 heavy (non-hydrogen) atoms. The van der Waals surface area contributed by atoms with E-state index in [1.54, 1.807) is 0 Å². The molecule has 0 atom stereocenters. The largest absolute Gasteiger partial charge is 0.0651 e. The van der Waals surface area contributed by atoms with Crippen molar-refractivity contribution in [3.8, 4) is 0 Å². The molecule has 0 aromatic rings. The number of hydrogen-bond donors (Lipinski definition) is 0. The zero-order valence-corrected chi connectivity index (χ0v) is 14.9. The van der Waals surface area contributed by atoms with Gasteiger partial charge in [-0.25, -0.2) is 0 Å². The predicted molar refractivity (Wildman–Crippen MR) is 89.6 cm³/mol. The molecule has 1 saturated carbocycles. The molecule has 0 N–H and O–H groups in total. The summed E-state index contributed by atoms with van der Waals surface area (Å²) >= 11 is 0. The van der Waals surface area contributed by atoms with Gasteiger partial charge in [-0.2, -0.15) is 0 Å². The standard InChI is InChI=1S/C10H20.C9H20/c1-10(2,3)9-7-5-4-6-8-9;1-5-9(6-2)7-8(3)4/h9H,4-8H2,1-3H3;8-9H,5-7H2,1-4H3. The van der Waals surface area contributed by atoms with Gasteiger partial charge in [0.2, 0.25) is 0 Å². The van der Waals surface area contributed by atoms with Crippen molar-refractivity contribution in [3.63, 3.8) is 0 Å². The summed E-state index contributed by atoms with van der Waals surface area (Å²) in [7, 11) is 0. The van der Waals surface area contributed by atoms with Gasteiger partial charge in [0.1, 0.15) is 0 Å². The molecule has 1 fully saturated rings. The van der Waals surface area contributed by atoms with Gasteiger partial charge in [0, 0.05) is 0 Å². The quantitative estimate of drug-likeness (QED) is 0.511. The van der Waals surface area contributed by atoms with E-state index in [1.165, 1.54) is 51.4 Å². The predicted octanol–water partition coefficient (Wildman–Crippen LogP) is 7.08. The van der Waals surface area contributed by atoms with E-state index in [2.05, 4.69) is 48.5 Å². The molecular formula is C19H40. The van der Waals surface area contributed by atoms with Crippen LogP contribution in [0.2, 0.25) is 0 Å². The van der Waals surface area contributed by atoms with Crippen LogP contribution < -0.4 is 0 Å².